The van der Waals surface area contributed by atoms with E-state index in [4.69, 9.17) is 0 Å². The van der Waals surface area contributed by atoms with Gasteiger partial charge >= 0.3 is 0 Å². The molecule has 0 rings (SSSR count). The van der Waals surface area contributed by atoms with Gasteiger partial charge in [0.1, 0.15) is 0 Å². The predicted molar refractivity (Wildman–Crippen MR) is 58.4 cm³/mol. The molecule has 0 aliphatic heterocycles. The summed E-state index contributed by atoms with van der Waals surface area (Å²) in [7, 11) is 0. The van der Waals surface area contributed by atoms with E-state index in [2.05, 4.69) is 23.8 Å². The van der Waals surface area contributed by atoms with Crippen LogP contribution >= 0.6 is 0 Å². The first-order chi connectivity index (χ1) is 7.54. The lowest BCUT2D eigenvalue weighted by Gasteiger charge is -2.16. The molecule has 90 valence electrons. The largest absolute Gasteiger partial charge is 0.380 e. The maximum absolute atomic E-state index is 11.2. The van der Waals surface area contributed by atoms with Crippen molar-refractivity contribution in [1.82, 2.24) is 10.6 Å². The number of nitrogens with one attached hydrogen (secondary N) is 2. The topological polar surface area (TPSA) is 98.7 Å². The molecule has 0 radical (unpaired) electrons. The Morgan fingerprint density at radius 3 is 1.56 bits per heavy atom. The molecule has 2 amide bonds. The summed E-state index contributed by atoms with van der Waals surface area (Å²) in [5, 5.41) is 23.1. The molecule has 0 heterocycles. The maximum atomic E-state index is 11.2. The summed E-state index contributed by atoms with van der Waals surface area (Å²) >= 11 is 0. The number of carbonyl (C=O) groups is 2. The Bertz CT molecular complexity index is 250. The maximum Gasteiger partial charge on any atom is 0.252 e. The van der Waals surface area contributed by atoms with Crippen molar-refractivity contribution in [2.24, 2.45) is 0 Å². The van der Waals surface area contributed by atoms with Crippen LogP contribution in [0.4, 0.5) is 0 Å². The zero-order valence-electron chi connectivity index (χ0n) is 8.85. The second-order valence-electron chi connectivity index (χ2n) is 2.96. The van der Waals surface area contributed by atoms with Gasteiger partial charge < -0.3 is 20.8 Å². The Morgan fingerprint density at radius 2 is 1.31 bits per heavy atom. The van der Waals surface area contributed by atoms with Gasteiger partial charge in [-0.2, -0.15) is 0 Å². The highest BCUT2D eigenvalue weighted by atomic mass is 16.3. The summed E-state index contributed by atoms with van der Waals surface area (Å²) in [5.41, 5.74) is 0. The lowest BCUT2D eigenvalue weighted by Crippen LogP contribution is -2.49. The number of aliphatic hydroxyl groups excluding tert-OH is 2. The molecule has 0 aromatic carbocycles. The highest BCUT2D eigenvalue weighted by Gasteiger charge is 2.29. The van der Waals surface area contributed by atoms with E-state index in [-0.39, 0.29) is 13.1 Å². The number of aliphatic hydroxyl groups is 2. The van der Waals surface area contributed by atoms with Crippen LogP contribution in [0.25, 0.3) is 0 Å². The first-order valence-corrected chi connectivity index (χ1v) is 4.68. The van der Waals surface area contributed by atoms with E-state index in [1.165, 1.54) is 12.2 Å². The Labute approximate surface area is 93.7 Å². The molecule has 6 nitrogen and oxygen atoms in total. The van der Waals surface area contributed by atoms with E-state index < -0.39 is 24.0 Å². The van der Waals surface area contributed by atoms with E-state index >= 15 is 0 Å². The average Bonchev–Trinajstić information content (AvgIpc) is 2.30. The summed E-state index contributed by atoms with van der Waals surface area (Å²) in [5.74, 6) is -1.66. The Hall–Kier alpha value is -1.66. The van der Waals surface area contributed by atoms with E-state index in [1.54, 1.807) is 0 Å². The predicted octanol–water partition coefficient (Wildman–Crippen LogP) is -1.69. The number of rotatable bonds is 7. The van der Waals surface area contributed by atoms with Gasteiger partial charge in [-0.25, -0.2) is 0 Å². The third-order valence-electron chi connectivity index (χ3n) is 1.68. The van der Waals surface area contributed by atoms with Crippen LogP contribution in [0.5, 0.6) is 0 Å². The van der Waals surface area contributed by atoms with E-state index in [1.807, 2.05) is 0 Å². The molecule has 0 aromatic rings. The molecule has 0 aliphatic carbocycles. The zero-order valence-corrected chi connectivity index (χ0v) is 8.85. The van der Waals surface area contributed by atoms with Crippen molar-refractivity contribution in [2.45, 2.75) is 12.2 Å². The molecular formula is C10H16N2O4. The van der Waals surface area contributed by atoms with Crippen LogP contribution < -0.4 is 10.6 Å². The van der Waals surface area contributed by atoms with Crippen LogP contribution in [-0.2, 0) is 9.59 Å². The fourth-order valence-corrected chi connectivity index (χ4v) is 0.841. The SMILES string of the molecule is C=CCNC(=O)C(O)C(O)C(=O)NCC=C. The van der Waals surface area contributed by atoms with Crippen molar-refractivity contribution >= 4 is 11.8 Å². The van der Waals surface area contributed by atoms with Crippen molar-refractivity contribution in [3.8, 4) is 0 Å². The quantitative estimate of drug-likeness (QED) is 0.391. The molecule has 0 aromatic heterocycles. The molecule has 0 fully saturated rings. The molecule has 0 saturated carbocycles. The van der Waals surface area contributed by atoms with Gasteiger partial charge in [0.15, 0.2) is 12.2 Å². The van der Waals surface area contributed by atoms with Crippen LogP contribution in [-0.4, -0.2) is 47.3 Å². The minimum Gasteiger partial charge on any atom is -0.380 e. The third kappa shape index (κ3) is 4.72. The second kappa shape index (κ2) is 7.61. The summed E-state index contributed by atoms with van der Waals surface area (Å²) < 4.78 is 0. The first-order valence-electron chi connectivity index (χ1n) is 4.68. The molecule has 2 unspecified atom stereocenters. The first kappa shape index (κ1) is 14.3. The van der Waals surface area contributed by atoms with Crippen LogP contribution in [0.2, 0.25) is 0 Å². The lowest BCUT2D eigenvalue weighted by atomic mass is 10.2. The van der Waals surface area contributed by atoms with Gasteiger partial charge in [0.05, 0.1) is 0 Å². The van der Waals surface area contributed by atoms with Gasteiger partial charge in [0.2, 0.25) is 0 Å². The van der Waals surface area contributed by atoms with Gasteiger partial charge in [0.25, 0.3) is 11.8 Å². The summed E-state index contributed by atoms with van der Waals surface area (Å²) in [6, 6.07) is 0. The van der Waals surface area contributed by atoms with E-state index in [9.17, 15) is 19.8 Å². The molecule has 2 atom stereocenters. The summed E-state index contributed by atoms with van der Waals surface area (Å²) in [6.07, 6.45) is -0.779. The molecule has 0 bridgehead atoms. The lowest BCUT2D eigenvalue weighted by molar-refractivity contribution is -0.145. The van der Waals surface area contributed by atoms with Crippen LogP contribution in [0.1, 0.15) is 0 Å². The molecule has 0 aliphatic rings. The van der Waals surface area contributed by atoms with Crippen LogP contribution in [0, 0.1) is 0 Å². The van der Waals surface area contributed by atoms with Crippen molar-refractivity contribution in [3.05, 3.63) is 25.3 Å². The average molecular weight is 228 g/mol. The summed E-state index contributed by atoms with van der Waals surface area (Å²) in [6.45, 7) is 7.03. The van der Waals surface area contributed by atoms with Gasteiger partial charge in [0, 0.05) is 13.1 Å². The molecule has 0 spiro atoms. The fraction of sp³-hybridized carbons (Fsp3) is 0.400. The Kier molecular flexibility index (Phi) is 6.82. The van der Waals surface area contributed by atoms with Gasteiger partial charge in [-0.3, -0.25) is 9.59 Å². The molecule has 6 heteroatoms. The number of amides is 2. The number of carbonyl (C=O) groups excluding carboxylic acids is 2. The monoisotopic (exact) mass is 228 g/mol. The van der Waals surface area contributed by atoms with Crippen molar-refractivity contribution in [3.63, 3.8) is 0 Å². The van der Waals surface area contributed by atoms with Gasteiger partial charge in [-0.1, -0.05) is 12.2 Å². The number of hydrogen-bond acceptors (Lipinski definition) is 4. The zero-order chi connectivity index (χ0) is 12.6. The molecule has 4 N–H and O–H groups in total. The van der Waals surface area contributed by atoms with Crippen molar-refractivity contribution in [2.75, 3.05) is 13.1 Å². The third-order valence-corrected chi connectivity index (χ3v) is 1.68. The van der Waals surface area contributed by atoms with Gasteiger partial charge in [-0.15, -0.1) is 13.2 Å². The second-order valence-corrected chi connectivity index (χ2v) is 2.96. The standard InChI is InChI=1S/C10H16N2O4/c1-3-5-11-9(15)7(13)8(14)10(16)12-6-4-2/h3-4,7-8,13-14H,1-2,5-6H2,(H,11,15)(H,12,16). The van der Waals surface area contributed by atoms with Crippen LogP contribution in [0.15, 0.2) is 25.3 Å². The van der Waals surface area contributed by atoms with Crippen LogP contribution in [0.3, 0.4) is 0 Å². The smallest absolute Gasteiger partial charge is 0.252 e. The minimum absolute atomic E-state index is 0.150. The fourth-order valence-electron chi connectivity index (χ4n) is 0.841. The van der Waals surface area contributed by atoms with E-state index in [0.717, 1.165) is 0 Å². The Balaban J connectivity index is 4.19. The Morgan fingerprint density at radius 1 is 1.00 bits per heavy atom. The number of hydrogen-bond donors (Lipinski definition) is 4. The van der Waals surface area contributed by atoms with Crippen molar-refractivity contribution < 1.29 is 19.8 Å². The minimum atomic E-state index is -1.80. The van der Waals surface area contributed by atoms with Gasteiger partial charge in [-0.05, 0) is 0 Å². The highest BCUT2D eigenvalue weighted by molar-refractivity contribution is 5.90. The summed E-state index contributed by atoms with van der Waals surface area (Å²) in [4.78, 5) is 22.3. The molecule has 0 saturated heterocycles. The van der Waals surface area contributed by atoms with E-state index in [0.29, 0.717) is 0 Å². The molecular weight excluding hydrogens is 212 g/mol. The highest BCUT2D eigenvalue weighted by Crippen LogP contribution is 1.94. The molecule has 16 heavy (non-hydrogen) atoms. The normalized spacial score (nSPS) is 13.4. The van der Waals surface area contributed by atoms with Crippen molar-refractivity contribution in [1.29, 1.82) is 0 Å².